The Morgan fingerprint density at radius 2 is 2.18 bits per heavy atom. The van der Waals surface area contributed by atoms with Crippen LogP contribution in [0.2, 0.25) is 0 Å². The highest BCUT2D eigenvalue weighted by Crippen LogP contribution is 2.33. The Balaban J connectivity index is 1.48. The summed E-state index contributed by atoms with van der Waals surface area (Å²) in [6.07, 6.45) is 4.21. The Hall–Kier alpha value is -1.24. The van der Waals surface area contributed by atoms with E-state index in [-0.39, 0.29) is 11.9 Å². The highest BCUT2D eigenvalue weighted by Gasteiger charge is 2.40. The zero-order valence-corrected chi connectivity index (χ0v) is 14.1. The summed E-state index contributed by atoms with van der Waals surface area (Å²) in [5.74, 6) is 0.610. The van der Waals surface area contributed by atoms with E-state index in [0.717, 1.165) is 4.88 Å². The molecular weight excluding hydrogens is 314 g/mol. The molecule has 6 heteroatoms. The number of fused-ring (bicyclic) bond motifs is 3. The van der Waals surface area contributed by atoms with Gasteiger partial charge in [0.25, 0.3) is 5.91 Å². The zero-order chi connectivity index (χ0) is 15.1. The highest BCUT2D eigenvalue weighted by atomic mass is 32.1. The van der Waals surface area contributed by atoms with Gasteiger partial charge in [0.15, 0.2) is 5.01 Å². The Kier molecular flexibility index (Phi) is 3.76. The van der Waals surface area contributed by atoms with Crippen LogP contribution < -0.4 is 5.32 Å². The average molecular weight is 333 g/mol. The van der Waals surface area contributed by atoms with Gasteiger partial charge < -0.3 is 5.32 Å². The molecule has 1 N–H and O–H groups in total. The second-order valence-corrected chi connectivity index (χ2v) is 8.10. The largest absolute Gasteiger partial charge is 0.345 e. The van der Waals surface area contributed by atoms with E-state index in [0.29, 0.717) is 17.0 Å². The number of nitrogens with one attached hydrogen (secondary N) is 1. The fourth-order valence-electron chi connectivity index (χ4n) is 3.67. The molecule has 0 aliphatic carbocycles. The topological polar surface area (TPSA) is 45.2 Å². The lowest BCUT2D eigenvalue weighted by Gasteiger charge is -2.49. The molecule has 2 atom stereocenters. The zero-order valence-electron chi connectivity index (χ0n) is 12.5. The fraction of sp³-hybridized carbons (Fsp3) is 0.500. The molecule has 3 aliphatic rings. The molecule has 4 nitrogen and oxygen atoms in total. The van der Waals surface area contributed by atoms with Crippen LogP contribution in [0.15, 0.2) is 23.7 Å². The van der Waals surface area contributed by atoms with Gasteiger partial charge in [0.2, 0.25) is 0 Å². The molecule has 2 aromatic rings. The number of carbonyl (C=O) groups excluding carboxylic acids is 1. The molecular formula is C16H19N3OS2. The smallest absolute Gasteiger partial charge is 0.280 e. The number of carbonyl (C=O) groups is 1. The van der Waals surface area contributed by atoms with Gasteiger partial charge in [0.05, 0.1) is 4.88 Å². The van der Waals surface area contributed by atoms with Crippen LogP contribution in [0.5, 0.6) is 0 Å². The fourth-order valence-corrected chi connectivity index (χ4v) is 5.31. The Bertz CT molecular complexity index is 657. The highest BCUT2D eigenvalue weighted by molar-refractivity contribution is 7.22. The van der Waals surface area contributed by atoms with Crippen molar-refractivity contribution in [2.45, 2.75) is 31.8 Å². The van der Waals surface area contributed by atoms with Crippen LogP contribution in [0.4, 0.5) is 0 Å². The van der Waals surface area contributed by atoms with Crippen LogP contribution in [-0.2, 0) is 0 Å². The monoisotopic (exact) mass is 333 g/mol. The van der Waals surface area contributed by atoms with E-state index in [1.807, 2.05) is 17.6 Å². The third kappa shape index (κ3) is 2.49. The molecule has 5 heterocycles. The van der Waals surface area contributed by atoms with Crippen molar-refractivity contribution in [3.63, 3.8) is 0 Å². The lowest BCUT2D eigenvalue weighted by atomic mass is 9.79. The average Bonchev–Trinajstić information content (AvgIpc) is 3.21. The number of nitrogens with zero attached hydrogens (tertiary/aromatic N) is 2. The Morgan fingerprint density at radius 3 is 2.86 bits per heavy atom. The molecule has 3 fully saturated rings. The Labute approximate surface area is 138 Å². The van der Waals surface area contributed by atoms with Crippen LogP contribution in [0.3, 0.4) is 0 Å². The van der Waals surface area contributed by atoms with Crippen molar-refractivity contribution in [1.82, 2.24) is 15.2 Å². The SMILES string of the molecule is CC1C(NC(=O)c2ncc(-c3cccs3)s2)C2CCN1CC2. The minimum Gasteiger partial charge on any atom is -0.345 e. The second kappa shape index (κ2) is 5.76. The number of hydrogen-bond donors (Lipinski definition) is 1. The number of thiophene rings is 1. The molecule has 0 spiro atoms. The number of piperidine rings is 3. The van der Waals surface area contributed by atoms with Crippen LogP contribution in [0.1, 0.15) is 29.6 Å². The van der Waals surface area contributed by atoms with Gasteiger partial charge in [-0.15, -0.1) is 22.7 Å². The first-order chi connectivity index (χ1) is 10.7. The molecule has 3 saturated heterocycles. The quantitative estimate of drug-likeness (QED) is 0.939. The van der Waals surface area contributed by atoms with Crippen LogP contribution in [0, 0.1) is 5.92 Å². The first-order valence-corrected chi connectivity index (χ1v) is 9.46. The number of thiazole rings is 1. The van der Waals surface area contributed by atoms with Crippen LogP contribution in [0.25, 0.3) is 9.75 Å². The van der Waals surface area contributed by atoms with Crippen molar-refractivity contribution in [3.8, 4) is 9.75 Å². The molecule has 116 valence electrons. The van der Waals surface area contributed by atoms with Gasteiger partial charge in [0, 0.05) is 23.2 Å². The lowest BCUT2D eigenvalue weighted by Crippen LogP contribution is -2.62. The molecule has 2 bridgehead atoms. The van der Waals surface area contributed by atoms with Gasteiger partial charge in [-0.2, -0.15) is 0 Å². The van der Waals surface area contributed by atoms with Crippen LogP contribution in [-0.4, -0.2) is 41.0 Å². The molecule has 1 amide bonds. The third-order valence-corrected chi connectivity index (χ3v) is 7.00. The molecule has 22 heavy (non-hydrogen) atoms. The Morgan fingerprint density at radius 1 is 1.36 bits per heavy atom. The van der Waals surface area contributed by atoms with Gasteiger partial charge >= 0.3 is 0 Å². The van der Waals surface area contributed by atoms with Gasteiger partial charge in [-0.1, -0.05) is 6.07 Å². The summed E-state index contributed by atoms with van der Waals surface area (Å²) in [5.41, 5.74) is 0. The van der Waals surface area contributed by atoms with Crippen molar-refractivity contribution in [2.24, 2.45) is 5.92 Å². The third-order valence-electron chi connectivity index (χ3n) is 4.94. The van der Waals surface area contributed by atoms with Crippen molar-refractivity contribution < 1.29 is 4.79 Å². The van der Waals surface area contributed by atoms with E-state index < -0.39 is 0 Å². The number of rotatable bonds is 3. The van der Waals surface area contributed by atoms with E-state index in [2.05, 4.69) is 28.2 Å². The van der Waals surface area contributed by atoms with Gasteiger partial charge in [-0.25, -0.2) is 4.98 Å². The van der Waals surface area contributed by atoms with E-state index in [1.54, 1.807) is 11.3 Å². The number of amides is 1. The molecule has 2 unspecified atom stereocenters. The first kappa shape index (κ1) is 14.4. The van der Waals surface area contributed by atoms with Crippen molar-refractivity contribution in [2.75, 3.05) is 13.1 Å². The summed E-state index contributed by atoms with van der Waals surface area (Å²) >= 11 is 3.16. The summed E-state index contributed by atoms with van der Waals surface area (Å²) in [4.78, 5) is 21.6. The van der Waals surface area contributed by atoms with Crippen molar-refractivity contribution in [1.29, 1.82) is 0 Å². The second-order valence-electron chi connectivity index (χ2n) is 6.12. The maximum atomic E-state index is 12.5. The number of aromatic nitrogens is 1. The first-order valence-electron chi connectivity index (χ1n) is 7.77. The maximum Gasteiger partial charge on any atom is 0.280 e. The normalized spacial score (nSPS) is 30.4. The van der Waals surface area contributed by atoms with E-state index >= 15 is 0 Å². The summed E-state index contributed by atoms with van der Waals surface area (Å²) in [6, 6.07) is 4.79. The van der Waals surface area contributed by atoms with E-state index in [1.165, 1.54) is 42.1 Å². The summed E-state index contributed by atoms with van der Waals surface area (Å²) in [5, 5.41) is 5.87. The molecule has 0 saturated carbocycles. The van der Waals surface area contributed by atoms with E-state index in [4.69, 9.17) is 0 Å². The predicted molar refractivity (Wildman–Crippen MR) is 90.4 cm³/mol. The predicted octanol–water partition coefficient (Wildman–Crippen LogP) is 3.08. The lowest BCUT2D eigenvalue weighted by molar-refractivity contribution is 0.0217. The van der Waals surface area contributed by atoms with Gasteiger partial charge in [-0.05, 0) is 50.2 Å². The standard InChI is InChI=1S/C16H19N3OS2/c1-10-14(11-4-6-19(10)7-5-11)18-15(20)16-17-9-13(22-16)12-3-2-8-21-12/h2-3,8-11,14H,4-7H2,1H3,(H,18,20). The van der Waals surface area contributed by atoms with Crippen LogP contribution >= 0.6 is 22.7 Å². The molecule has 2 aromatic heterocycles. The molecule has 0 aromatic carbocycles. The van der Waals surface area contributed by atoms with E-state index in [9.17, 15) is 4.79 Å². The van der Waals surface area contributed by atoms with Crippen molar-refractivity contribution >= 4 is 28.6 Å². The molecule has 0 radical (unpaired) electrons. The minimum absolute atomic E-state index is 0.0154. The minimum atomic E-state index is -0.0154. The van der Waals surface area contributed by atoms with Crippen molar-refractivity contribution in [3.05, 3.63) is 28.7 Å². The summed E-state index contributed by atoms with van der Waals surface area (Å²) in [7, 11) is 0. The van der Waals surface area contributed by atoms with Gasteiger partial charge in [0.1, 0.15) is 0 Å². The summed E-state index contributed by atoms with van der Waals surface area (Å²) in [6.45, 7) is 4.59. The van der Waals surface area contributed by atoms with Gasteiger partial charge in [-0.3, -0.25) is 9.69 Å². The molecule has 5 rings (SSSR count). The molecule has 3 aliphatic heterocycles. The number of hydrogen-bond acceptors (Lipinski definition) is 5. The summed E-state index contributed by atoms with van der Waals surface area (Å²) < 4.78 is 0. The maximum absolute atomic E-state index is 12.5.